The molecular formula is C14H28O4. The number of ether oxygens (including phenoxy) is 2. The van der Waals surface area contributed by atoms with Crippen molar-refractivity contribution in [2.75, 3.05) is 13.2 Å². The lowest BCUT2D eigenvalue weighted by Crippen LogP contribution is -2.02. The number of rotatable bonds is 8. The molecule has 4 heteroatoms. The van der Waals surface area contributed by atoms with E-state index in [0.29, 0.717) is 26.1 Å². The van der Waals surface area contributed by atoms with Crippen LogP contribution in [0, 0.1) is 0 Å². The van der Waals surface area contributed by atoms with E-state index in [1.54, 1.807) is 0 Å². The Labute approximate surface area is 111 Å². The zero-order chi connectivity index (χ0) is 14.2. The summed E-state index contributed by atoms with van der Waals surface area (Å²) in [6.45, 7) is 8.72. The molecule has 0 heterocycles. The average molecular weight is 260 g/mol. The maximum absolute atomic E-state index is 10.7. The first kappa shape index (κ1) is 19.3. The van der Waals surface area contributed by atoms with Crippen LogP contribution >= 0.6 is 0 Å². The number of hydrogen-bond acceptors (Lipinski definition) is 4. The molecule has 0 bridgehead atoms. The molecule has 4 nitrogen and oxygen atoms in total. The van der Waals surface area contributed by atoms with Gasteiger partial charge in [0.1, 0.15) is 0 Å². The minimum Gasteiger partial charge on any atom is -0.466 e. The Balaban J connectivity index is 0. The van der Waals surface area contributed by atoms with Crippen LogP contribution in [-0.4, -0.2) is 25.2 Å². The van der Waals surface area contributed by atoms with E-state index in [4.69, 9.17) is 4.74 Å². The first-order valence-corrected chi connectivity index (χ1v) is 6.93. The Morgan fingerprint density at radius 2 is 1.22 bits per heavy atom. The third-order valence-electron chi connectivity index (χ3n) is 2.05. The Bertz CT molecular complexity index is 194. The fourth-order valence-electron chi connectivity index (χ4n) is 1.19. The van der Waals surface area contributed by atoms with Gasteiger partial charge in [0.05, 0.1) is 13.2 Å². The fraction of sp³-hybridized carbons (Fsp3) is 0.857. The molecule has 0 N–H and O–H groups in total. The highest BCUT2D eigenvalue weighted by molar-refractivity contribution is 5.69. The maximum Gasteiger partial charge on any atom is 0.305 e. The number of carbonyl (C=O) groups is 2. The lowest BCUT2D eigenvalue weighted by molar-refractivity contribution is -0.144. The van der Waals surface area contributed by atoms with E-state index in [1.165, 1.54) is 0 Å². The summed E-state index contributed by atoms with van der Waals surface area (Å²) in [5.41, 5.74) is 0. The molecule has 0 saturated carbocycles. The highest BCUT2D eigenvalue weighted by Gasteiger charge is 1.98. The Kier molecular flexibility index (Phi) is 17.1. The van der Waals surface area contributed by atoms with Gasteiger partial charge in [0.2, 0.25) is 0 Å². The molecule has 108 valence electrons. The van der Waals surface area contributed by atoms with Crippen molar-refractivity contribution in [1.82, 2.24) is 0 Å². The minimum absolute atomic E-state index is 0.0593. The van der Waals surface area contributed by atoms with Crippen molar-refractivity contribution in [3.8, 4) is 0 Å². The molecule has 0 aromatic carbocycles. The number of esters is 2. The molecule has 0 unspecified atom stereocenters. The van der Waals surface area contributed by atoms with E-state index < -0.39 is 0 Å². The molecule has 0 aliphatic carbocycles. The molecule has 0 atom stereocenters. The van der Waals surface area contributed by atoms with Gasteiger partial charge < -0.3 is 9.47 Å². The van der Waals surface area contributed by atoms with Crippen LogP contribution in [0.4, 0.5) is 0 Å². The highest BCUT2D eigenvalue weighted by Crippen LogP contribution is 1.99. The normalized spacial score (nSPS) is 9.11. The van der Waals surface area contributed by atoms with Gasteiger partial charge in [-0.05, 0) is 26.7 Å². The van der Waals surface area contributed by atoms with Crippen LogP contribution in [0.5, 0.6) is 0 Å². The van der Waals surface area contributed by atoms with Gasteiger partial charge in [-0.1, -0.05) is 26.7 Å². The summed E-state index contributed by atoms with van der Waals surface area (Å²) < 4.78 is 9.39. The largest absolute Gasteiger partial charge is 0.466 e. The lowest BCUT2D eigenvalue weighted by Gasteiger charge is -1.99. The molecule has 0 aliphatic heterocycles. The lowest BCUT2D eigenvalue weighted by atomic mass is 10.2. The third kappa shape index (κ3) is 17.3. The molecule has 0 radical (unpaired) electrons. The van der Waals surface area contributed by atoms with Crippen molar-refractivity contribution in [3.05, 3.63) is 0 Å². The second-order valence-corrected chi connectivity index (χ2v) is 3.82. The van der Waals surface area contributed by atoms with Crippen LogP contribution in [0.25, 0.3) is 0 Å². The highest BCUT2D eigenvalue weighted by atomic mass is 16.5. The topological polar surface area (TPSA) is 52.6 Å². The zero-order valence-electron chi connectivity index (χ0n) is 12.3. The predicted octanol–water partition coefficient (Wildman–Crippen LogP) is 3.48. The first-order valence-electron chi connectivity index (χ1n) is 6.93. The zero-order valence-corrected chi connectivity index (χ0v) is 12.3. The van der Waals surface area contributed by atoms with Crippen LogP contribution in [0.1, 0.15) is 66.2 Å². The molecule has 0 saturated heterocycles. The molecule has 0 fully saturated rings. The summed E-state index contributed by atoms with van der Waals surface area (Å²) >= 11 is 0. The molecule has 0 aromatic rings. The van der Waals surface area contributed by atoms with E-state index in [0.717, 1.165) is 25.7 Å². The average Bonchev–Trinajstić information content (AvgIpc) is 2.31. The van der Waals surface area contributed by atoms with E-state index >= 15 is 0 Å². The van der Waals surface area contributed by atoms with E-state index in [-0.39, 0.29) is 11.9 Å². The molecule has 0 aromatic heterocycles. The SMILES string of the molecule is CCCC(=O)OCC.CCCCCC(=O)OCC. The standard InChI is InChI=1S/C8H16O2.C6H12O2/c1-3-5-6-7-8(9)10-4-2;1-3-5-6(7)8-4-2/h3-7H2,1-2H3;3-5H2,1-2H3. The van der Waals surface area contributed by atoms with Crippen LogP contribution in [0.15, 0.2) is 0 Å². The molecular weight excluding hydrogens is 232 g/mol. The van der Waals surface area contributed by atoms with Crippen molar-refractivity contribution in [1.29, 1.82) is 0 Å². The van der Waals surface area contributed by atoms with E-state index in [2.05, 4.69) is 11.7 Å². The first-order chi connectivity index (χ1) is 8.62. The van der Waals surface area contributed by atoms with Gasteiger partial charge in [-0.15, -0.1) is 0 Å². The predicted molar refractivity (Wildman–Crippen MR) is 72.3 cm³/mol. The Hall–Kier alpha value is -1.06. The molecule has 18 heavy (non-hydrogen) atoms. The monoisotopic (exact) mass is 260 g/mol. The van der Waals surface area contributed by atoms with Gasteiger partial charge in [0, 0.05) is 12.8 Å². The van der Waals surface area contributed by atoms with Gasteiger partial charge in [0.25, 0.3) is 0 Å². The van der Waals surface area contributed by atoms with Crippen LogP contribution < -0.4 is 0 Å². The number of hydrogen-bond donors (Lipinski definition) is 0. The van der Waals surface area contributed by atoms with Gasteiger partial charge in [0.15, 0.2) is 0 Å². The Morgan fingerprint density at radius 1 is 0.722 bits per heavy atom. The number of carbonyl (C=O) groups excluding carboxylic acids is 2. The maximum atomic E-state index is 10.7. The quantitative estimate of drug-likeness (QED) is 0.495. The smallest absolute Gasteiger partial charge is 0.305 e. The minimum atomic E-state index is -0.0880. The van der Waals surface area contributed by atoms with Crippen LogP contribution in [0.3, 0.4) is 0 Å². The van der Waals surface area contributed by atoms with Gasteiger partial charge in [-0.2, -0.15) is 0 Å². The van der Waals surface area contributed by atoms with E-state index in [9.17, 15) is 9.59 Å². The molecule has 0 aliphatic rings. The summed E-state index contributed by atoms with van der Waals surface area (Å²) in [7, 11) is 0. The second kappa shape index (κ2) is 15.9. The molecule has 0 rings (SSSR count). The van der Waals surface area contributed by atoms with Crippen molar-refractivity contribution in [3.63, 3.8) is 0 Å². The van der Waals surface area contributed by atoms with Crippen molar-refractivity contribution >= 4 is 11.9 Å². The van der Waals surface area contributed by atoms with E-state index in [1.807, 2.05) is 20.8 Å². The number of unbranched alkanes of at least 4 members (excludes halogenated alkanes) is 2. The van der Waals surface area contributed by atoms with Crippen molar-refractivity contribution < 1.29 is 19.1 Å². The summed E-state index contributed by atoms with van der Waals surface area (Å²) in [4.78, 5) is 21.1. The fourth-order valence-corrected chi connectivity index (χ4v) is 1.19. The Morgan fingerprint density at radius 3 is 1.61 bits per heavy atom. The van der Waals surface area contributed by atoms with Crippen molar-refractivity contribution in [2.45, 2.75) is 66.2 Å². The van der Waals surface area contributed by atoms with Crippen molar-refractivity contribution in [2.24, 2.45) is 0 Å². The third-order valence-corrected chi connectivity index (χ3v) is 2.05. The van der Waals surface area contributed by atoms with Gasteiger partial charge >= 0.3 is 11.9 Å². The van der Waals surface area contributed by atoms with Gasteiger partial charge in [-0.3, -0.25) is 9.59 Å². The summed E-state index contributed by atoms with van der Waals surface area (Å²) in [5, 5.41) is 0. The van der Waals surface area contributed by atoms with Crippen LogP contribution in [0.2, 0.25) is 0 Å². The summed E-state index contributed by atoms with van der Waals surface area (Å²) in [6, 6.07) is 0. The van der Waals surface area contributed by atoms with Crippen LogP contribution in [-0.2, 0) is 19.1 Å². The molecule has 0 amide bonds. The molecule has 0 spiro atoms. The summed E-state index contributed by atoms with van der Waals surface area (Å²) in [5.74, 6) is -0.147. The second-order valence-electron chi connectivity index (χ2n) is 3.82. The van der Waals surface area contributed by atoms with Gasteiger partial charge in [-0.25, -0.2) is 0 Å². The summed E-state index contributed by atoms with van der Waals surface area (Å²) in [6.07, 6.45) is 5.25.